The Morgan fingerprint density at radius 2 is 1.79 bits per heavy atom. The molecule has 0 amide bonds. The molecule has 4 aliphatic rings. The second-order valence-electron chi connectivity index (χ2n) is 5.80. The zero-order chi connectivity index (χ0) is 9.76. The molecule has 4 fully saturated rings. The van der Waals surface area contributed by atoms with Crippen LogP contribution in [0.5, 0.6) is 0 Å². The van der Waals surface area contributed by atoms with Gasteiger partial charge in [0.25, 0.3) is 0 Å². The summed E-state index contributed by atoms with van der Waals surface area (Å²) in [6.07, 6.45) is 7.55. The molecular weight excluding hydrogens is 196 g/mol. The van der Waals surface area contributed by atoms with E-state index in [2.05, 4.69) is 0 Å². The lowest BCUT2D eigenvalue weighted by Crippen LogP contribution is -2.52. The molecule has 0 spiro atoms. The maximum absolute atomic E-state index is 9.08. The average Bonchev–Trinajstić information content (AvgIpc) is 2.08. The Morgan fingerprint density at radius 1 is 1.14 bits per heavy atom. The fourth-order valence-electron chi connectivity index (χ4n) is 4.65. The van der Waals surface area contributed by atoms with Crippen LogP contribution in [0.1, 0.15) is 38.5 Å². The molecule has 0 aromatic carbocycles. The van der Waals surface area contributed by atoms with E-state index in [1.165, 1.54) is 32.1 Å². The normalized spacial score (nSPS) is 55.3. The van der Waals surface area contributed by atoms with Crippen LogP contribution in [-0.4, -0.2) is 16.6 Å². The molecule has 2 heteroatoms. The molecular formula is C12H19ClO. The van der Waals surface area contributed by atoms with Gasteiger partial charge < -0.3 is 5.11 Å². The smallest absolute Gasteiger partial charge is 0.0455 e. The van der Waals surface area contributed by atoms with Crippen molar-refractivity contribution in [2.75, 3.05) is 6.61 Å². The van der Waals surface area contributed by atoms with Crippen LogP contribution in [0.2, 0.25) is 0 Å². The van der Waals surface area contributed by atoms with Gasteiger partial charge in [0.2, 0.25) is 0 Å². The number of hydrogen-bond acceptors (Lipinski definition) is 1. The molecule has 2 atom stereocenters. The van der Waals surface area contributed by atoms with Gasteiger partial charge in [0.05, 0.1) is 0 Å². The van der Waals surface area contributed by atoms with Crippen LogP contribution in [0.3, 0.4) is 0 Å². The minimum Gasteiger partial charge on any atom is -0.396 e. The zero-order valence-electron chi connectivity index (χ0n) is 8.58. The van der Waals surface area contributed by atoms with E-state index in [0.717, 1.165) is 30.1 Å². The summed E-state index contributed by atoms with van der Waals surface area (Å²) in [5.74, 6) is 3.39. The molecule has 4 saturated carbocycles. The van der Waals surface area contributed by atoms with Crippen molar-refractivity contribution in [3.63, 3.8) is 0 Å². The molecule has 4 aliphatic carbocycles. The first-order chi connectivity index (χ1) is 6.70. The van der Waals surface area contributed by atoms with Gasteiger partial charge in [0.1, 0.15) is 0 Å². The van der Waals surface area contributed by atoms with E-state index in [-0.39, 0.29) is 4.87 Å². The van der Waals surface area contributed by atoms with E-state index in [9.17, 15) is 0 Å². The second kappa shape index (κ2) is 3.12. The molecule has 0 aromatic rings. The van der Waals surface area contributed by atoms with Crippen molar-refractivity contribution in [1.82, 2.24) is 0 Å². The highest BCUT2D eigenvalue weighted by molar-refractivity contribution is 6.24. The molecule has 80 valence electrons. The van der Waals surface area contributed by atoms with Gasteiger partial charge in [-0.2, -0.15) is 0 Å². The van der Waals surface area contributed by atoms with E-state index in [4.69, 9.17) is 16.7 Å². The highest BCUT2D eigenvalue weighted by Crippen LogP contribution is 2.61. The molecule has 0 aromatic heterocycles. The van der Waals surface area contributed by atoms with Gasteiger partial charge in [0.15, 0.2) is 0 Å². The molecule has 1 N–H and O–H groups in total. The highest BCUT2D eigenvalue weighted by atomic mass is 35.5. The first-order valence-electron chi connectivity index (χ1n) is 6.00. The Labute approximate surface area is 90.8 Å². The number of aliphatic hydroxyl groups excluding tert-OH is 1. The van der Waals surface area contributed by atoms with Gasteiger partial charge in [-0.25, -0.2) is 0 Å². The molecule has 4 bridgehead atoms. The van der Waals surface area contributed by atoms with Crippen LogP contribution in [0.4, 0.5) is 0 Å². The molecule has 0 radical (unpaired) electrons. The van der Waals surface area contributed by atoms with Gasteiger partial charge in [-0.15, -0.1) is 11.6 Å². The first-order valence-corrected chi connectivity index (χ1v) is 6.38. The largest absolute Gasteiger partial charge is 0.396 e. The van der Waals surface area contributed by atoms with Gasteiger partial charge >= 0.3 is 0 Å². The summed E-state index contributed by atoms with van der Waals surface area (Å²) < 4.78 is 0. The Hall–Kier alpha value is 0.250. The van der Waals surface area contributed by atoms with Crippen LogP contribution in [0.15, 0.2) is 0 Å². The number of rotatable bonds is 2. The summed E-state index contributed by atoms with van der Waals surface area (Å²) in [4.78, 5) is 0.169. The minimum atomic E-state index is 0.169. The zero-order valence-corrected chi connectivity index (χ0v) is 9.34. The maximum Gasteiger partial charge on any atom is 0.0455 e. The summed E-state index contributed by atoms with van der Waals surface area (Å²) >= 11 is 6.63. The summed E-state index contributed by atoms with van der Waals surface area (Å²) in [5.41, 5.74) is 0. The van der Waals surface area contributed by atoms with E-state index in [1.807, 2.05) is 0 Å². The molecule has 0 aliphatic heterocycles. The van der Waals surface area contributed by atoms with Crippen LogP contribution < -0.4 is 0 Å². The average molecular weight is 215 g/mol. The Kier molecular flexibility index (Phi) is 2.11. The standard InChI is InChI=1S/C12H19ClO/c13-12-5-8-3-9(6-12)11(1-2-14)10(4-8)7-12/h8-11,14H,1-7H2. The van der Waals surface area contributed by atoms with E-state index in [0.29, 0.717) is 6.61 Å². The SMILES string of the molecule is OCCC1C2CC3CC1CC(Cl)(C3)C2. The monoisotopic (exact) mass is 214 g/mol. The van der Waals surface area contributed by atoms with Crippen molar-refractivity contribution in [2.24, 2.45) is 23.7 Å². The fourth-order valence-corrected chi connectivity index (χ4v) is 5.27. The van der Waals surface area contributed by atoms with Gasteiger partial charge in [0, 0.05) is 11.5 Å². The molecule has 1 nitrogen and oxygen atoms in total. The Bertz CT molecular complexity index is 224. The van der Waals surface area contributed by atoms with E-state index < -0.39 is 0 Å². The van der Waals surface area contributed by atoms with Crippen LogP contribution in [0, 0.1) is 23.7 Å². The number of aliphatic hydroxyl groups is 1. The molecule has 14 heavy (non-hydrogen) atoms. The topological polar surface area (TPSA) is 20.2 Å². The first kappa shape index (κ1) is 9.47. The molecule has 2 unspecified atom stereocenters. The number of hydrogen-bond donors (Lipinski definition) is 1. The van der Waals surface area contributed by atoms with E-state index >= 15 is 0 Å². The maximum atomic E-state index is 9.08. The third-order valence-electron chi connectivity index (χ3n) is 4.86. The quantitative estimate of drug-likeness (QED) is 0.701. The fraction of sp³-hybridized carbons (Fsp3) is 1.00. The molecule has 4 rings (SSSR count). The van der Waals surface area contributed by atoms with Crippen molar-refractivity contribution in [3.05, 3.63) is 0 Å². The predicted molar refractivity (Wildman–Crippen MR) is 57.3 cm³/mol. The lowest BCUT2D eigenvalue weighted by atomic mass is 9.51. The van der Waals surface area contributed by atoms with E-state index in [1.54, 1.807) is 0 Å². The van der Waals surface area contributed by atoms with Crippen molar-refractivity contribution < 1.29 is 5.11 Å². The van der Waals surface area contributed by atoms with Gasteiger partial charge in [-0.3, -0.25) is 0 Å². The van der Waals surface area contributed by atoms with Crippen molar-refractivity contribution >= 4 is 11.6 Å². The van der Waals surface area contributed by atoms with Gasteiger partial charge in [-0.1, -0.05) is 0 Å². The Morgan fingerprint density at radius 3 is 2.29 bits per heavy atom. The number of alkyl halides is 1. The Balaban J connectivity index is 1.82. The third-order valence-corrected chi connectivity index (χ3v) is 5.32. The second-order valence-corrected chi connectivity index (χ2v) is 6.60. The minimum absolute atomic E-state index is 0.169. The summed E-state index contributed by atoms with van der Waals surface area (Å²) in [5, 5.41) is 9.08. The summed E-state index contributed by atoms with van der Waals surface area (Å²) in [7, 11) is 0. The summed E-state index contributed by atoms with van der Waals surface area (Å²) in [6.45, 7) is 0.373. The lowest BCUT2D eigenvalue weighted by Gasteiger charge is -2.58. The van der Waals surface area contributed by atoms with Crippen molar-refractivity contribution in [1.29, 1.82) is 0 Å². The van der Waals surface area contributed by atoms with Crippen LogP contribution in [-0.2, 0) is 0 Å². The number of halogens is 1. The molecule has 0 saturated heterocycles. The van der Waals surface area contributed by atoms with Crippen molar-refractivity contribution in [3.8, 4) is 0 Å². The van der Waals surface area contributed by atoms with Crippen LogP contribution in [0.25, 0.3) is 0 Å². The highest BCUT2D eigenvalue weighted by Gasteiger charge is 2.54. The summed E-state index contributed by atoms with van der Waals surface area (Å²) in [6, 6.07) is 0. The predicted octanol–water partition coefficient (Wildman–Crippen LogP) is 2.80. The van der Waals surface area contributed by atoms with Gasteiger partial charge in [-0.05, 0) is 62.2 Å². The molecule has 0 heterocycles. The van der Waals surface area contributed by atoms with Crippen molar-refractivity contribution in [2.45, 2.75) is 43.4 Å². The third kappa shape index (κ3) is 1.32. The lowest BCUT2D eigenvalue weighted by molar-refractivity contribution is -0.0329. The van der Waals surface area contributed by atoms with Crippen LogP contribution >= 0.6 is 11.6 Å².